The molecular weight excluding hydrogens is 196 g/mol. The Balaban J connectivity index is 2.43. The van der Waals surface area contributed by atoms with Gasteiger partial charge in [0.2, 0.25) is 0 Å². The van der Waals surface area contributed by atoms with Crippen molar-refractivity contribution < 1.29 is 0 Å². The second-order valence-electron chi connectivity index (χ2n) is 6.46. The van der Waals surface area contributed by atoms with Crippen molar-refractivity contribution in [3.63, 3.8) is 0 Å². The van der Waals surface area contributed by atoms with Gasteiger partial charge in [-0.3, -0.25) is 4.90 Å². The number of nitrogens with one attached hydrogen (secondary N) is 1. The minimum absolute atomic E-state index is 0.486. The van der Waals surface area contributed by atoms with Crippen molar-refractivity contribution in [1.82, 2.24) is 10.2 Å². The molecule has 1 unspecified atom stereocenters. The van der Waals surface area contributed by atoms with E-state index in [-0.39, 0.29) is 0 Å². The highest BCUT2D eigenvalue weighted by molar-refractivity contribution is 4.91. The molecule has 0 saturated carbocycles. The van der Waals surface area contributed by atoms with Crippen molar-refractivity contribution in [2.75, 3.05) is 13.1 Å². The third kappa shape index (κ3) is 3.46. The average Bonchev–Trinajstić information content (AvgIpc) is 2.44. The van der Waals surface area contributed by atoms with Gasteiger partial charge in [-0.15, -0.1) is 0 Å². The van der Waals surface area contributed by atoms with Crippen LogP contribution in [0.25, 0.3) is 0 Å². The van der Waals surface area contributed by atoms with E-state index in [9.17, 15) is 0 Å². The van der Waals surface area contributed by atoms with Gasteiger partial charge in [-0.1, -0.05) is 13.8 Å². The van der Waals surface area contributed by atoms with Gasteiger partial charge in [0.05, 0.1) is 0 Å². The highest BCUT2D eigenvalue weighted by atomic mass is 15.2. The quantitative estimate of drug-likeness (QED) is 0.775. The molecule has 0 aromatic heterocycles. The lowest BCUT2D eigenvalue weighted by Gasteiger charge is -2.34. The van der Waals surface area contributed by atoms with E-state index in [2.05, 4.69) is 51.8 Å². The molecule has 0 aromatic carbocycles. The molecule has 96 valence electrons. The molecule has 1 atom stereocenters. The van der Waals surface area contributed by atoms with Gasteiger partial charge in [0, 0.05) is 24.7 Å². The molecule has 1 aliphatic rings. The molecule has 1 aliphatic heterocycles. The lowest BCUT2D eigenvalue weighted by Crippen LogP contribution is -2.42. The fourth-order valence-corrected chi connectivity index (χ4v) is 2.90. The van der Waals surface area contributed by atoms with Crippen molar-refractivity contribution in [3.05, 3.63) is 0 Å². The van der Waals surface area contributed by atoms with Crippen LogP contribution in [0.1, 0.15) is 54.4 Å². The highest BCUT2D eigenvalue weighted by Gasteiger charge is 2.34. The zero-order valence-corrected chi connectivity index (χ0v) is 12.0. The van der Waals surface area contributed by atoms with Crippen LogP contribution in [0.15, 0.2) is 0 Å². The van der Waals surface area contributed by atoms with E-state index in [1.54, 1.807) is 0 Å². The summed E-state index contributed by atoms with van der Waals surface area (Å²) in [6, 6.07) is 2.02. The minimum Gasteiger partial charge on any atom is -0.313 e. The Morgan fingerprint density at radius 3 is 2.12 bits per heavy atom. The minimum atomic E-state index is 0.486. The topological polar surface area (TPSA) is 15.3 Å². The van der Waals surface area contributed by atoms with E-state index in [1.807, 2.05) is 0 Å². The first-order chi connectivity index (χ1) is 7.34. The van der Waals surface area contributed by atoms with E-state index in [0.717, 1.165) is 0 Å². The van der Waals surface area contributed by atoms with Gasteiger partial charge in [-0.2, -0.15) is 0 Å². The van der Waals surface area contributed by atoms with Gasteiger partial charge in [-0.25, -0.2) is 0 Å². The fraction of sp³-hybridized carbons (Fsp3) is 1.00. The Bertz CT molecular complexity index is 199. The van der Waals surface area contributed by atoms with Gasteiger partial charge in [0.1, 0.15) is 0 Å². The summed E-state index contributed by atoms with van der Waals surface area (Å²) in [5.41, 5.74) is 0.486. The van der Waals surface area contributed by atoms with Crippen LogP contribution in [0.4, 0.5) is 0 Å². The van der Waals surface area contributed by atoms with Crippen LogP contribution in [0.3, 0.4) is 0 Å². The number of hydrogen-bond donors (Lipinski definition) is 1. The Kier molecular flexibility index (Phi) is 4.81. The summed E-state index contributed by atoms with van der Waals surface area (Å²) < 4.78 is 0. The highest BCUT2D eigenvalue weighted by Crippen LogP contribution is 2.31. The average molecular weight is 226 g/mol. The maximum atomic E-state index is 3.65. The van der Waals surface area contributed by atoms with E-state index in [1.165, 1.54) is 25.9 Å². The van der Waals surface area contributed by atoms with E-state index < -0.39 is 0 Å². The smallest absolute Gasteiger partial charge is 0.0131 e. The molecule has 1 heterocycles. The van der Waals surface area contributed by atoms with Crippen molar-refractivity contribution in [2.24, 2.45) is 5.41 Å². The predicted octanol–water partition coefficient (Wildman–Crippen LogP) is 2.88. The molecule has 0 amide bonds. The van der Waals surface area contributed by atoms with Gasteiger partial charge in [-0.05, 0) is 52.5 Å². The standard InChI is InChI=1S/C14H30N2/c1-11(2)16(12(3)4)10-7-13-14(5,6)8-9-15-13/h11-13,15H,7-10H2,1-6H3. The molecule has 0 aliphatic carbocycles. The van der Waals surface area contributed by atoms with Crippen LogP contribution in [-0.4, -0.2) is 36.1 Å². The molecule has 2 nitrogen and oxygen atoms in total. The molecule has 0 bridgehead atoms. The monoisotopic (exact) mass is 226 g/mol. The van der Waals surface area contributed by atoms with Gasteiger partial charge >= 0.3 is 0 Å². The second kappa shape index (κ2) is 5.50. The Morgan fingerprint density at radius 2 is 1.75 bits per heavy atom. The Hall–Kier alpha value is -0.0800. The maximum absolute atomic E-state index is 3.65. The predicted molar refractivity (Wildman–Crippen MR) is 71.8 cm³/mol. The molecule has 1 saturated heterocycles. The zero-order chi connectivity index (χ0) is 12.3. The third-order valence-electron chi connectivity index (χ3n) is 4.11. The molecule has 2 heteroatoms. The summed E-state index contributed by atoms with van der Waals surface area (Å²) in [7, 11) is 0. The maximum Gasteiger partial charge on any atom is 0.0131 e. The van der Waals surface area contributed by atoms with Gasteiger partial charge in [0.25, 0.3) is 0 Å². The van der Waals surface area contributed by atoms with Crippen LogP contribution in [0.2, 0.25) is 0 Å². The van der Waals surface area contributed by atoms with Crippen LogP contribution >= 0.6 is 0 Å². The summed E-state index contributed by atoms with van der Waals surface area (Å²) in [6.45, 7) is 16.4. The molecule has 1 N–H and O–H groups in total. The molecule has 0 spiro atoms. The first-order valence-electron chi connectivity index (χ1n) is 6.83. The third-order valence-corrected chi connectivity index (χ3v) is 4.11. The molecule has 1 rings (SSSR count). The number of hydrogen-bond acceptors (Lipinski definition) is 2. The van der Waals surface area contributed by atoms with Gasteiger partial charge in [0.15, 0.2) is 0 Å². The van der Waals surface area contributed by atoms with Crippen molar-refractivity contribution in [2.45, 2.75) is 72.5 Å². The summed E-state index contributed by atoms with van der Waals surface area (Å²) in [6.07, 6.45) is 2.60. The molecule has 1 fully saturated rings. The van der Waals surface area contributed by atoms with Gasteiger partial charge < -0.3 is 5.32 Å². The van der Waals surface area contributed by atoms with Crippen molar-refractivity contribution in [3.8, 4) is 0 Å². The summed E-state index contributed by atoms with van der Waals surface area (Å²) in [5, 5.41) is 3.65. The summed E-state index contributed by atoms with van der Waals surface area (Å²) >= 11 is 0. The van der Waals surface area contributed by atoms with E-state index in [0.29, 0.717) is 23.5 Å². The summed E-state index contributed by atoms with van der Waals surface area (Å²) in [4.78, 5) is 2.59. The fourth-order valence-electron chi connectivity index (χ4n) is 2.90. The SMILES string of the molecule is CC(C)N(CCC1NCCC1(C)C)C(C)C. The Morgan fingerprint density at radius 1 is 1.19 bits per heavy atom. The van der Waals surface area contributed by atoms with Crippen LogP contribution < -0.4 is 5.32 Å². The van der Waals surface area contributed by atoms with Crippen LogP contribution in [-0.2, 0) is 0 Å². The zero-order valence-electron chi connectivity index (χ0n) is 12.0. The first kappa shape index (κ1) is 14.0. The second-order valence-corrected chi connectivity index (χ2v) is 6.46. The van der Waals surface area contributed by atoms with Crippen LogP contribution in [0, 0.1) is 5.41 Å². The van der Waals surface area contributed by atoms with Crippen molar-refractivity contribution in [1.29, 1.82) is 0 Å². The lowest BCUT2D eigenvalue weighted by atomic mass is 9.83. The van der Waals surface area contributed by atoms with E-state index >= 15 is 0 Å². The molecule has 0 radical (unpaired) electrons. The van der Waals surface area contributed by atoms with E-state index in [4.69, 9.17) is 0 Å². The number of nitrogens with zero attached hydrogens (tertiary/aromatic N) is 1. The molecular formula is C14H30N2. The Labute approximate surface area is 102 Å². The lowest BCUT2D eigenvalue weighted by molar-refractivity contribution is 0.155. The normalized spacial score (nSPS) is 24.9. The van der Waals surface area contributed by atoms with Crippen LogP contribution in [0.5, 0.6) is 0 Å². The van der Waals surface area contributed by atoms with Crippen molar-refractivity contribution >= 4 is 0 Å². The first-order valence-corrected chi connectivity index (χ1v) is 6.83. The largest absolute Gasteiger partial charge is 0.313 e. The summed E-state index contributed by atoms with van der Waals surface area (Å²) in [5.74, 6) is 0. The molecule has 16 heavy (non-hydrogen) atoms. The molecule has 0 aromatic rings. The number of rotatable bonds is 5.